The van der Waals surface area contributed by atoms with E-state index in [1.54, 1.807) is 6.07 Å². The second-order valence-corrected chi connectivity index (χ2v) is 7.52. The second-order valence-electron chi connectivity index (χ2n) is 7.52. The minimum Gasteiger partial charge on any atom is -0.492 e. The summed E-state index contributed by atoms with van der Waals surface area (Å²) in [5.74, 6) is 0.451. The molecular weight excluding hydrogens is 345 g/mol. The van der Waals surface area contributed by atoms with Crippen LogP contribution in [0, 0.1) is 5.82 Å². The minimum atomic E-state index is -0.347. The van der Waals surface area contributed by atoms with E-state index in [9.17, 15) is 9.50 Å². The highest BCUT2D eigenvalue weighted by Crippen LogP contribution is 2.41. The number of rotatable bonds is 4. The van der Waals surface area contributed by atoms with Gasteiger partial charge in [-0.1, -0.05) is 18.2 Å². The SMILES string of the molecule is CC1(C)C[C@H](NCCc2ccccc2F)c2cc3ncc(O)nc3cc2O1. The molecular formula is C21H22FN3O2. The summed E-state index contributed by atoms with van der Waals surface area (Å²) < 4.78 is 20.0. The summed E-state index contributed by atoms with van der Waals surface area (Å²) in [6.45, 7) is 4.74. The number of aromatic hydroxyl groups is 1. The highest BCUT2D eigenvalue weighted by molar-refractivity contribution is 5.78. The first-order valence-corrected chi connectivity index (χ1v) is 9.07. The predicted octanol–water partition coefficient (Wildman–Crippen LogP) is 3.91. The van der Waals surface area contributed by atoms with Crippen LogP contribution in [-0.2, 0) is 6.42 Å². The van der Waals surface area contributed by atoms with E-state index in [0.717, 1.165) is 17.7 Å². The second kappa shape index (κ2) is 6.78. The van der Waals surface area contributed by atoms with E-state index in [4.69, 9.17) is 4.74 Å². The molecule has 6 heteroatoms. The molecule has 0 radical (unpaired) electrons. The fourth-order valence-corrected chi connectivity index (χ4v) is 3.61. The topological polar surface area (TPSA) is 67.3 Å². The van der Waals surface area contributed by atoms with Gasteiger partial charge in [-0.2, -0.15) is 0 Å². The van der Waals surface area contributed by atoms with Gasteiger partial charge in [0.25, 0.3) is 0 Å². The maximum atomic E-state index is 13.8. The Morgan fingerprint density at radius 2 is 2.07 bits per heavy atom. The van der Waals surface area contributed by atoms with Crippen LogP contribution in [0.3, 0.4) is 0 Å². The quantitative estimate of drug-likeness (QED) is 0.732. The average Bonchev–Trinajstić information content (AvgIpc) is 2.61. The molecule has 0 bridgehead atoms. The predicted molar refractivity (Wildman–Crippen MR) is 101 cm³/mol. The van der Waals surface area contributed by atoms with Crippen LogP contribution in [-0.4, -0.2) is 27.2 Å². The Bertz CT molecular complexity index is 990. The van der Waals surface area contributed by atoms with E-state index in [0.29, 0.717) is 29.6 Å². The molecule has 0 saturated carbocycles. The highest BCUT2D eigenvalue weighted by atomic mass is 19.1. The zero-order chi connectivity index (χ0) is 19.0. The van der Waals surface area contributed by atoms with Crippen LogP contribution in [0.15, 0.2) is 42.6 Å². The Morgan fingerprint density at radius 1 is 1.26 bits per heavy atom. The van der Waals surface area contributed by atoms with Gasteiger partial charge in [-0.3, -0.25) is 0 Å². The lowest BCUT2D eigenvalue weighted by molar-refractivity contribution is 0.0664. The summed E-state index contributed by atoms with van der Waals surface area (Å²) in [6.07, 6.45) is 2.73. The van der Waals surface area contributed by atoms with E-state index in [1.165, 1.54) is 12.3 Å². The molecule has 0 unspecified atom stereocenters. The molecule has 0 spiro atoms. The Hall–Kier alpha value is -2.73. The summed E-state index contributed by atoms with van der Waals surface area (Å²) in [5, 5.41) is 13.1. The maximum absolute atomic E-state index is 13.8. The summed E-state index contributed by atoms with van der Waals surface area (Å²) in [7, 11) is 0. The smallest absolute Gasteiger partial charge is 0.230 e. The summed E-state index contributed by atoms with van der Waals surface area (Å²) >= 11 is 0. The molecule has 1 aromatic heterocycles. The molecule has 2 N–H and O–H groups in total. The molecule has 27 heavy (non-hydrogen) atoms. The minimum absolute atomic E-state index is 0.0653. The van der Waals surface area contributed by atoms with E-state index in [-0.39, 0.29) is 23.3 Å². The van der Waals surface area contributed by atoms with Crippen LogP contribution >= 0.6 is 0 Å². The van der Waals surface area contributed by atoms with Crippen molar-refractivity contribution < 1.29 is 14.2 Å². The standard InChI is InChI=1S/C21H22FN3O2/c1-21(2)11-18(23-8-7-13-5-3-4-6-15(13)22)14-9-16-17(10-19(14)27-21)25-20(26)12-24-16/h3-6,9-10,12,18,23H,7-8,11H2,1-2H3,(H,25,26)/t18-/m0/s1. The highest BCUT2D eigenvalue weighted by Gasteiger charge is 2.34. The van der Waals surface area contributed by atoms with Gasteiger partial charge in [0, 0.05) is 24.1 Å². The Labute approximate surface area is 157 Å². The van der Waals surface area contributed by atoms with Gasteiger partial charge in [-0.15, -0.1) is 0 Å². The Kier molecular flexibility index (Phi) is 4.44. The third-order valence-electron chi connectivity index (χ3n) is 4.86. The van der Waals surface area contributed by atoms with Crippen LogP contribution in [0.5, 0.6) is 11.6 Å². The maximum Gasteiger partial charge on any atom is 0.230 e. The number of nitrogens with one attached hydrogen (secondary N) is 1. The average molecular weight is 367 g/mol. The van der Waals surface area contributed by atoms with Crippen LogP contribution in [0.4, 0.5) is 4.39 Å². The van der Waals surface area contributed by atoms with Crippen molar-refractivity contribution >= 4 is 11.0 Å². The van der Waals surface area contributed by atoms with Gasteiger partial charge in [0.05, 0.1) is 17.2 Å². The molecule has 4 rings (SSSR count). The number of aromatic nitrogens is 2. The van der Waals surface area contributed by atoms with E-state index in [1.807, 2.05) is 38.1 Å². The van der Waals surface area contributed by atoms with Gasteiger partial charge in [0.2, 0.25) is 5.88 Å². The number of ether oxygens (including phenoxy) is 1. The summed E-state index contributed by atoms with van der Waals surface area (Å²) in [5.41, 5.74) is 2.67. The first-order chi connectivity index (χ1) is 12.9. The third-order valence-corrected chi connectivity index (χ3v) is 4.86. The molecule has 3 aromatic rings. The van der Waals surface area contributed by atoms with Crippen molar-refractivity contribution in [3.63, 3.8) is 0 Å². The zero-order valence-electron chi connectivity index (χ0n) is 15.4. The van der Waals surface area contributed by atoms with E-state index >= 15 is 0 Å². The molecule has 0 fully saturated rings. The number of fused-ring (bicyclic) bond motifs is 2. The normalized spacial score (nSPS) is 18.1. The van der Waals surface area contributed by atoms with Gasteiger partial charge in [0.15, 0.2) is 0 Å². The van der Waals surface area contributed by atoms with Crippen molar-refractivity contribution in [3.8, 4) is 11.6 Å². The molecule has 140 valence electrons. The Morgan fingerprint density at radius 3 is 2.89 bits per heavy atom. The molecule has 1 atom stereocenters. The molecule has 2 heterocycles. The number of hydrogen-bond acceptors (Lipinski definition) is 5. The molecule has 1 aliphatic heterocycles. The summed E-state index contributed by atoms with van der Waals surface area (Å²) in [4.78, 5) is 8.37. The molecule has 1 aliphatic rings. The van der Waals surface area contributed by atoms with Crippen LogP contribution in [0.1, 0.15) is 37.4 Å². The number of halogens is 1. The fourth-order valence-electron chi connectivity index (χ4n) is 3.61. The van der Waals surface area contributed by atoms with Crippen LogP contribution in [0.2, 0.25) is 0 Å². The van der Waals surface area contributed by atoms with E-state index < -0.39 is 0 Å². The molecule has 0 saturated heterocycles. The van der Waals surface area contributed by atoms with Gasteiger partial charge in [0.1, 0.15) is 17.2 Å². The van der Waals surface area contributed by atoms with E-state index in [2.05, 4.69) is 15.3 Å². The van der Waals surface area contributed by atoms with Gasteiger partial charge < -0.3 is 15.2 Å². The third kappa shape index (κ3) is 3.71. The first-order valence-electron chi connectivity index (χ1n) is 9.07. The van der Waals surface area contributed by atoms with Gasteiger partial charge in [-0.05, 0) is 44.5 Å². The van der Waals surface area contributed by atoms with Gasteiger partial charge in [-0.25, -0.2) is 14.4 Å². The summed E-state index contributed by atoms with van der Waals surface area (Å²) in [6, 6.07) is 10.7. The van der Waals surface area contributed by atoms with Crippen molar-refractivity contribution in [2.24, 2.45) is 0 Å². The molecule has 2 aromatic carbocycles. The molecule has 0 aliphatic carbocycles. The number of benzene rings is 2. The molecule has 5 nitrogen and oxygen atoms in total. The van der Waals surface area contributed by atoms with Crippen molar-refractivity contribution in [2.75, 3.05) is 6.54 Å². The van der Waals surface area contributed by atoms with Crippen molar-refractivity contribution in [2.45, 2.75) is 38.3 Å². The fraction of sp³-hybridized carbons (Fsp3) is 0.333. The largest absolute Gasteiger partial charge is 0.492 e. The van der Waals surface area contributed by atoms with Crippen molar-refractivity contribution in [3.05, 3.63) is 59.5 Å². The lowest BCUT2D eigenvalue weighted by atomic mass is 9.89. The number of nitrogens with zero attached hydrogens (tertiary/aromatic N) is 2. The first kappa shape index (κ1) is 17.7. The lowest BCUT2D eigenvalue weighted by Crippen LogP contribution is -2.40. The zero-order valence-corrected chi connectivity index (χ0v) is 15.4. The van der Waals surface area contributed by atoms with Crippen LogP contribution < -0.4 is 10.1 Å². The van der Waals surface area contributed by atoms with Crippen LogP contribution in [0.25, 0.3) is 11.0 Å². The Balaban J connectivity index is 1.60. The van der Waals surface area contributed by atoms with Crippen molar-refractivity contribution in [1.29, 1.82) is 0 Å². The number of hydrogen-bond donors (Lipinski definition) is 2. The lowest BCUT2D eigenvalue weighted by Gasteiger charge is -2.38. The van der Waals surface area contributed by atoms with Gasteiger partial charge >= 0.3 is 0 Å². The molecule has 0 amide bonds. The van der Waals surface area contributed by atoms with Crippen molar-refractivity contribution in [1.82, 2.24) is 15.3 Å². The monoisotopic (exact) mass is 367 g/mol.